The molecule has 0 aliphatic carbocycles. The highest BCUT2D eigenvalue weighted by molar-refractivity contribution is 6.31. The molecule has 0 spiro atoms. The molecule has 0 bridgehead atoms. The van der Waals surface area contributed by atoms with Crippen LogP contribution in [0.4, 0.5) is 34.3 Å². The third-order valence-electron chi connectivity index (χ3n) is 7.29. The lowest BCUT2D eigenvalue weighted by Crippen LogP contribution is -2.64. The molecule has 4 rings (SSSR count). The summed E-state index contributed by atoms with van der Waals surface area (Å²) in [5, 5.41) is 19.1. The van der Waals surface area contributed by atoms with E-state index < -0.39 is 52.3 Å². The van der Waals surface area contributed by atoms with Crippen LogP contribution in [0.2, 0.25) is 5.02 Å². The van der Waals surface area contributed by atoms with Crippen molar-refractivity contribution in [2.24, 2.45) is 5.41 Å². The minimum absolute atomic E-state index is 0.0138. The molecule has 45 heavy (non-hydrogen) atoms. The van der Waals surface area contributed by atoms with Crippen LogP contribution < -0.4 is 26.8 Å². The maximum Gasteiger partial charge on any atom is 0.417 e. The SMILES string of the molecule is CC(C)(C)C1C(NC(=O)c2nc(-c3cccc(CNC(=O)Nc4ccc(Cl)c(C(F)(F)F)c4)c3)cnc2N)CCCN1C(=O)[O-]. The quantitative estimate of drug-likeness (QED) is 0.302. The molecule has 11 nitrogen and oxygen atoms in total. The first kappa shape index (κ1) is 33.3. The molecule has 1 aliphatic rings. The van der Waals surface area contributed by atoms with E-state index in [1.165, 1.54) is 17.2 Å². The lowest BCUT2D eigenvalue weighted by atomic mass is 9.77. The number of urea groups is 1. The Labute approximate surface area is 262 Å². The number of nitrogens with zero attached hydrogens (tertiary/aromatic N) is 3. The Bertz CT molecular complexity index is 1600. The fraction of sp³-hybridized carbons (Fsp3) is 0.367. The number of benzene rings is 2. The Morgan fingerprint density at radius 2 is 1.87 bits per heavy atom. The Morgan fingerprint density at radius 3 is 2.53 bits per heavy atom. The number of hydrogen-bond donors (Lipinski definition) is 4. The van der Waals surface area contributed by atoms with E-state index in [0.29, 0.717) is 36.2 Å². The van der Waals surface area contributed by atoms with Gasteiger partial charge in [-0.3, -0.25) is 4.79 Å². The lowest BCUT2D eigenvalue weighted by molar-refractivity contribution is -0.272. The van der Waals surface area contributed by atoms with Gasteiger partial charge in [0, 0.05) is 24.3 Å². The van der Waals surface area contributed by atoms with Crippen LogP contribution in [0.1, 0.15) is 55.2 Å². The summed E-state index contributed by atoms with van der Waals surface area (Å²) in [6.45, 7) is 5.99. The molecule has 15 heteroatoms. The van der Waals surface area contributed by atoms with Crippen molar-refractivity contribution in [1.29, 1.82) is 0 Å². The van der Waals surface area contributed by atoms with Gasteiger partial charge in [0.2, 0.25) is 0 Å². The number of rotatable bonds is 6. The summed E-state index contributed by atoms with van der Waals surface area (Å²) in [4.78, 5) is 47.4. The highest BCUT2D eigenvalue weighted by atomic mass is 35.5. The summed E-state index contributed by atoms with van der Waals surface area (Å²) in [6, 6.07) is 8.07. The Morgan fingerprint density at radius 1 is 1.13 bits per heavy atom. The molecule has 2 aromatic carbocycles. The molecule has 2 atom stereocenters. The first-order valence-electron chi connectivity index (χ1n) is 14.0. The van der Waals surface area contributed by atoms with Crippen molar-refractivity contribution in [3.05, 3.63) is 70.5 Å². The van der Waals surface area contributed by atoms with Gasteiger partial charge in [-0.1, -0.05) is 50.6 Å². The van der Waals surface area contributed by atoms with Crippen molar-refractivity contribution in [2.75, 3.05) is 17.6 Å². The van der Waals surface area contributed by atoms with Gasteiger partial charge in [-0.05, 0) is 48.1 Å². The summed E-state index contributed by atoms with van der Waals surface area (Å²) < 4.78 is 39.4. The molecule has 0 radical (unpaired) electrons. The van der Waals surface area contributed by atoms with E-state index in [1.54, 1.807) is 24.3 Å². The molecular weight excluding hydrogens is 615 g/mol. The number of aromatic nitrogens is 2. The molecule has 240 valence electrons. The Hall–Kier alpha value is -4.59. The number of carbonyl (C=O) groups excluding carboxylic acids is 3. The number of carboxylic acid groups (broad SMARTS) is 1. The third kappa shape index (κ3) is 8.12. The standard InChI is InChI=1S/C30H33ClF3N7O4/c1-29(2,3)24-21(8-5-11-41(24)28(44)45)40-26(42)23-25(35)36-15-22(39-23)17-7-4-6-16(12-17)14-37-27(43)38-18-9-10-20(31)19(13-18)30(32,33)34/h4,6-7,9-10,12-13,15,21,24H,5,8,11,14H2,1-3H3,(H2,35,36)(H,40,42)(H,44,45)(H2,37,38,43)/p-1. The van der Waals surface area contributed by atoms with Crippen LogP contribution in [0.25, 0.3) is 11.3 Å². The number of nitrogens with one attached hydrogen (secondary N) is 3. The average Bonchev–Trinajstić information content (AvgIpc) is 2.96. The zero-order valence-electron chi connectivity index (χ0n) is 24.7. The first-order chi connectivity index (χ1) is 21.0. The van der Waals surface area contributed by atoms with Gasteiger partial charge in [-0.15, -0.1) is 0 Å². The topological polar surface area (TPSA) is 165 Å². The second kappa shape index (κ2) is 13.2. The van der Waals surface area contributed by atoms with Crippen molar-refractivity contribution in [3.8, 4) is 11.3 Å². The van der Waals surface area contributed by atoms with E-state index in [-0.39, 0.29) is 23.7 Å². The maximum absolute atomic E-state index is 13.4. The molecule has 5 N–H and O–H groups in total. The minimum atomic E-state index is -4.68. The smallest absolute Gasteiger partial charge is 0.417 e. The maximum atomic E-state index is 13.4. The Balaban J connectivity index is 1.46. The van der Waals surface area contributed by atoms with Crippen molar-refractivity contribution < 1.29 is 32.7 Å². The highest BCUT2D eigenvalue weighted by Crippen LogP contribution is 2.36. The van der Waals surface area contributed by atoms with E-state index in [1.807, 2.05) is 20.8 Å². The van der Waals surface area contributed by atoms with E-state index in [4.69, 9.17) is 17.3 Å². The number of nitrogen functional groups attached to an aromatic ring is 1. The molecule has 1 saturated heterocycles. The molecule has 2 unspecified atom stereocenters. The molecule has 1 aliphatic heterocycles. The molecule has 2 heterocycles. The van der Waals surface area contributed by atoms with Gasteiger partial charge < -0.3 is 36.5 Å². The lowest BCUT2D eigenvalue weighted by Gasteiger charge is -2.49. The minimum Gasteiger partial charge on any atom is -0.530 e. The number of carbonyl (C=O) groups is 3. The fourth-order valence-corrected chi connectivity index (χ4v) is 5.61. The predicted octanol–water partition coefficient (Wildman–Crippen LogP) is 4.67. The van der Waals surface area contributed by atoms with Crippen LogP contribution in [0.5, 0.6) is 0 Å². The van der Waals surface area contributed by atoms with Gasteiger partial charge in [0.1, 0.15) is 6.09 Å². The summed E-state index contributed by atoms with van der Waals surface area (Å²) in [5.74, 6) is -0.715. The summed E-state index contributed by atoms with van der Waals surface area (Å²) in [6.07, 6.45) is -3.50. The van der Waals surface area contributed by atoms with Gasteiger partial charge in [-0.2, -0.15) is 13.2 Å². The fourth-order valence-electron chi connectivity index (χ4n) is 5.38. The van der Waals surface area contributed by atoms with Crippen LogP contribution in [-0.2, 0) is 12.7 Å². The van der Waals surface area contributed by atoms with Crippen LogP contribution in [0.3, 0.4) is 0 Å². The molecule has 3 aromatic rings. The van der Waals surface area contributed by atoms with Crippen molar-refractivity contribution in [1.82, 2.24) is 25.5 Å². The zero-order chi connectivity index (χ0) is 33.1. The summed E-state index contributed by atoms with van der Waals surface area (Å²) >= 11 is 5.63. The largest absolute Gasteiger partial charge is 0.530 e. The van der Waals surface area contributed by atoms with Crippen molar-refractivity contribution in [3.63, 3.8) is 0 Å². The van der Waals surface area contributed by atoms with Gasteiger partial charge in [0.05, 0.1) is 34.6 Å². The predicted molar refractivity (Wildman–Crippen MR) is 160 cm³/mol. The molecule has 1 aromatic heterocycles. The molecule has 4 amide bonds. The number of halogens is 4. The van der Waals surface area contributed by atoms with Crippen LogP contribution in [0.15, 0.2) is 48.7 Å². The van der Waals surface area contributed by atoms with Gasteiger partial charge in [-0.25, -0.2) is 14.8 Å². The number of piperidine rings is 1. The van der Waals surface area contributed by atoms with Crippen LogP contribution in [-0.4, -0.2) is 51.5 Å². The third-order valence-corrected chi connectivity index (χ3v) is 7.62. The number of anilines is 2. The van der Waals surface area contributed by atoms with Crippen molar-refractivity contribution >= 4 is 41.1 Å². The molecule has 1 fully saturated rings. The number of amides is 4. The van der Waals surface area contributed by atoms with Gasteiger partial charge in [0.15, 0.2) is 11.5 Å². The highest BCUT2D eigenvalue weighted by Gasteiger charge is 2.40. The molecule has 0 saturated carbocycles. The van der Waals surface area contributed by atoms with Crippen molar-refractivity contribution in [2.45, 2.75) is 58.4 Å². The van der Waals surface area contributed by atoms with E-state index >= 15 is 0 Å². The Kier molecular flexibility index (Phi) is 9.76. The second-order valence-electron chi connectivity index (χ2n) is 11.7. The number of likely N-dealkylation sites (tertiary alicyclic amines) is 1. The summed E-state index contributed by atoms with van der Waals surface area (Å²) in [5.41, 5.74) is 5.72. The average molecular weight is 647 g/mol. The van der Waals surface area contributed by atoms with Crippen LogP contribution >= 0.6 is 11.6 Å². The van der Waals surface area contributed by atoms with Gasteiger partial charge in [0.25, 0.3) is 5.91 Å². The zero-order valence-corrected chi connectivity index (χ0v) is 25.4. The second-order valence-corrected chi connectivity index (χ2v) is 12.1. The number of hydrogen-bond acceptors (Lipinski definition) is 7. The van der Waals surface area contributed by atoms with E-state index in [9.17, 15) is 32.7 Å². The number of alkyl halides is 3. The van der Waals surface area contributed by atoms with Crippen LogP contribution in [0, 0.1) is 5.41 Å². The van der Waals surface area contributed by atoms with E-state index in [2.05, 4.69) is 25.9 Å². The van der Waals surface area contributed by atoms with E-state index in [0.717, 1.165) is 12.1 Å². The molecular formula is C30H32ClF3N7O4-. The number of nitrogens with two attached hydrogens (primary N) is 1. The normalized spacial score (nSPS) is 17.0. The van der Waals surface area contributed by atoms with Gasteiger partial charge >= 0.3 is 12.2 Å². The summed E-state index contributed by atoms with van der Waals surface area (Å²) in [7, 11) is 0. The monoisotopic (exact) mass is 646 g/mol. The first-order valence-corrected chi connectivity index (χ1v) is 14.3.